The van der Waals surface area contributed by atoms with E-state index in [1.807, 2.05) is 6.92 Å². The maximum Gasteiger partial charge on any atom is 0.266 e. The van der Waals surface area contributed by atoms with Gasteiger partial charge in [-0.25, -0.2) is 4.68 Å². The van der Waals surface area contributed by atoms with E-state index < -0.39 is 0 Å². The molecule has 20 heavy (non-hydrogen) atoms. The Morgan fingerprint density at radius 2 is 1.90 bits per heavy atom. The van der Waals surface area contributed by atoms with Crippen LogP contribution >= 0.6 is 23.2 Å². The van der Waals surface area contributed by atoms with Crippen LogP contribution in [0.25, 0.3) is 0 Å². The van der Waals surface area contributed by atoms with Crippen molar-refractivity contribution in [3.63, 3.8) is 0 Å². The first-order valence-corrected chi connectivity index (χ1v) is 7.07. The van der Waals surface area contributed by atoms with E-state index in [1.165, 1.54) is 10.7 Å². The van der Waals surface area contributed by atoms with Gasteiger partial charge in [0, 0.05) is 34.8 Å². The van der Waals surface area contributed by atoms with E-state index in [2.05, 4.69) is 5.10 Å². The summed E-state index contributed by atoms with van der Waals surface area (Å²) in [5.74, 6) is 0. The smallest absolute Gasteiger partial charge is 0.266 e. The molecule has 106 valence electrons. The summed E-state index contributed by atoms with van der Waals surface area (Å²) in [6, 6.07) is 6.52. The Bertz CT molecular complexity index is 659. The van der Waals surface area contributed by atoms with E-state index in [0.29, 0.717) is 28.7 Å². The zero-order chi connectivity index (χ0) is 14.7. The van der Waals surface area contributed by atoms with Crippen LogP contribution in [0.5, 0.6) is 0 Å². The number of rotatable bonds is 4. The fourth-order valence-electron chi connectivity index (χ4n) is 1.93. The van der Waals surface area contributed by atoms with Crippen molar-refractivity contribution in [1.82, 2.24) is 9.78 Å². The van der Waals surface area contributed by atoms with Crippen molar-refractivity contribution in [1.29, 1.82) is 0 Å². The number of nitrogens with two attached hydrogens (primary N) is 1. The normalized spacial score (nSPS) is 10.8. The molecule has 0 spiro atoms. The average Bonchev–Trinajstić information content (AvgIpc) is 2.37. The van der Waals surface area contributed by atoms with E-state index in [4.69, 9.17) is 28.9 Å². The molecule has 2 aromatic rings. The van der Waals surface area contributed by atoms with Gasteiger partial charge in [-0.3, -0.25) is 4.79 Å². The van der Waals surface area contributed by atoms with Crippen molar-refractivity contribution in [2.24, 2.45) is 0 Å². The van der Waals surface area contributed by atoms with Gasteiger partial charge < -0.3 is 5.73 Å². The molecule has 0 fully saturated rings. The largest absolute Gasteiger partial charge is 0.399 e. The van der Waals surface area contributed by atoms with E-state index >= 15 is 0 Å². The molecule has 0 saturated heterocycles. The first-order valence-electron chi connectivity index (χ1n) is 6.31. The molecule has 0 aliphatic carbocycles. The number of halogens is 2. The topological polar surface area (TPSA) is 60.9 Å². The molecule has 0 aliphatic heterocycles. The average molecular weight is 312 g/mol. The summed E-state index contributed by atoms with van der Waals surface area (Å²) in [6.07, 6.45) is 1.31. The number of nitrogens with zero attached hydrogens (tertiary/aromatic N) is 2. The molecule has 0 saturated carbocycles. The number of hydrogen-bond acceptors (Lipinski definition) is 3. The number of aryl methyl sites for hydroxylation is 1. The Labute approximate surface area is 127 Å². The Hall–Kier alpha value is -1.52. The van der Waals surface area contributed by atoms with Crippen LogP contribution in [0, 0.1) is 0 Å². The monoisotopic (exact) mass is 311 g/mol. The maximum atomic E-state index is 11.6. The molecular formula is C14H15Cl2N3O. The molecule has 0 unspecified atom stereocenters. The Balaban J connectivity index is 2.35. The zero-order valence-corrected chi connectivity index (χ0v) is 12.6. The number of nitrogen functional groups attached to an aromatic ring is 1. The lowest BCUT2D eigenvalue weighted by Crippen LogP contribution is -2.23. The number of aromatic nitrogens is 2. The molecular weight excluding hydrogens is 297 g/mol. The molecule has 2 N–H and O–H groups in total. The van der Waals surface area contributed by atoms with Gasteiger partial charge >= 0.3 is 0 Å². The summed E-state index contributed by atoms with van der Waals surface area (Å²) in [7, 11) is 0. The number of anilines is 1. The molecule has 0 atom stereocenters. The lowest BCUT2D eigenvalue weighted by atomic mass is 10.1. The molecule has 0 amide bonds. The number of hydrogen-bond donors (Lipinski definition) is 1. The summed E-state index contributed by atoms with van der Waals surface area (Å²) < 4.78 is 1.45. The number of benzene rings is 1. The highest BCUT2D eigenvalue weighted by molar-refractivity contribution is 6.36. The highest BCUT2D eigenvalue weighted by atomic mass is 35.5. The van der Waals surface area contributed by atoms with Crippen LogP contribution in [-0.4, -0.2) is 9.78 Å². The second-order valence-corrected chi connectivity index (χ2v) is 5.34. The molecule has 0 bridgehead atoms. The van der Waals surface area contributed by atoms with Crippen molar-refractivity contribution in [2.45, 2.75) is 26.3 Å². The first kappa shape index (κ1) is 14.9. The third-order valence-corrected chi connectivity index (χ3v) is 3.55. The van der Waals surface area contributed by atoms with Gasteiger partial charge in [0.2, 0.25) is 0 Å². The summed E-state index contributed by atoms with van der Waals surface area (Å²) in [4.78, 5) is 11.6. The van der Waals surface area contributed by atoms with Crippen LogP contribution in [0.3, 0.4) is 0 Å². The SMILES string of the molecule is CCCn1nc(Cc2c(Cl)cc(N)cc2Cl)ccc1=O. The lowest BCUT2D eigenvalue weighted by molar-refractivity contribution is 0.557. The van der Waals surface area contributed by atoms with Crippen LogP contribution in [0.4, 0.5) is 5.69 Å². The van der Waals surface area contributed by atoms with Gasteiger partial charge in [0.15, 0.2) is 0 Å². The van der Waals surface area contributed by atoms with Crippen LogP contribution < -0.4 is 11.3 Å². The minimum absolute atomic E-state index is 0.106. The summed E-state index contributed by atoms with van der Waals surface area (Å²) in [6.45, 7) is 2.59. The van der Waals surface area contributed by atoms with Gasteiger partial charge in [0.25, 0.3) is 5.56 Å². The summed E-state index contributed by atoms with van der Waals surface area (Å²) in [5.41, 5.74) is 7.59. The maximum absolute atomic E-state index is 11.6. The Kier molecular flexibility index (Phi) is 4.68. The summed E-state index contributed by atoms with van der Waals surface area (Å²) >= 11 is 12.3. The van der Waals surface area contributed by atoms with Gasteiger partial charge in [0.1, 0.15) is 0 Å². The van der Waals surface area contributed by atoms with Crippen LogP contribution in [0.15, 0.2) is 29.1 Å². The molecule has 1 aromatic heterocycles. The fraction of sp³-hybridized carbons (Fsp3) is 0.286. The van der Waals surface area contributed by atoms with Gasteiger partial charge in [-0.15, -0.1) is 0 Å². The minimum Gasteiger partial charge on any atom is -0.399 e. The first-order chi connectivity index (χ1) is 9.51. The molecule has 1 aromatic carbocycles. The van der Waals surface area contributed by atoms with Gasteiger partial charge in [-0.2, -0.15) is 5.10 Å². The van der Waals surface area contributed by atoms with Crippen LogP contribution in [0.1, 0.15) is 24.6 Å². The molecule has 6 heteroatoms. The van der Waals surface area contributed by atoms with Crippen molar-refractivity contribution >= 4 is 28.9 Å². The quantitative estimate of drug-likeness (QED) is 0.882. The summed E-state index contributed by atoms with van der Waals surface area (Å²) in [5, 5.41) is 5.33. The molecule has 0 radical (unpaired) electrons. The third kappa shape index (κ3) is 3.32. The van der Waals surface area contributed by atoms with Gasteiger partial charge in [-0.05, 0) is 30.2 Å². The predicted octanol–water partition coefficient (Wildman–Crippen LogP) is 3.13. The lowest BCUT2D eigenvalue weighted by Gasteiger charge is -2.09. The fourth-order valence-corrected chi connectivity index (χ4v) is 2.57. The predicted molar refractivity (Wildman–Crippen MR) is 82.5 cm³/mol. The minimum atomic E-state index is -0.106. The Morgan fingerprint density at radius 3 is 2.50 bits per heavy atom. The van der Waals surface area contributed by atoms with E-state index in [0.717, 1.165) is 17.7 Å². The zero-order valence-electron chi connectivity index (χ0n) is 11.1. The van der Waals surface area contributed by atoms with Crippen molar-refractivity contribution in [2.75, 3.05) is 5.73 Å². The van der Waals surface area contributed by atoms with Crippen LogP contribution in [-0.2, 0) is 13.0 Å². The standard InChI is InChI=1S/C14H15Cl2N3O/c1-2-5-19-14(20)4-3-10(18-19)8-11-12(15)6-9(17)7-13(11)16/h3-4,6-7H,2,5,8,17H2,1H3. The molecule has 0 aliphatic rings. The molecule has 1 heterocycles. The van der Waals surface area contributed by atoms with E-state index in [1.54, 1.807) is 18.2 Å². The second kappa shape index (κ2) is 6.29. The van der Waals surface area contributed by atoms with E-state index in [9.17, 15) is 4.79 Å². The highest BCUT2D eigenvalue weighted by Gasteiger charge is 2.10. The van der Waals surface area contributed by atoms with Crippen LogP contribution in [0.2, 0.25) is 10.0 Å². The van der Waals surface area contributed by atoms with Gasteiger partial charge in [-0.1, -0.05) is 30.1 Å². The van der Waals surface area contributed by atoms with Gasteiger partial charge in [0.05, 0.1) is 5.69 Å². The second-order valence-electron chi connectivity index (χ2n) is 4.53. The third-order valence-electron chi connectivity index (χ3n) is 2.88. The van der Waals surface area contributed by atoms with Crippen molar-refractivity contribution in [3.8, 4) is 0 Å². The molecule has 2 rings (SSSR count). The molecule has 4 nitrogen and oxygen atoms in total. The Morgan fingerprint density at radius 1 is 1.25 bits per heavy atom. The van der Waals surface area contributed by atoms with Crippen molar-refractivity contribution < 1.29 is 0 Å². The highest BCUT2D eigenvalue weighted by Crippen LogP contribution is 2.29. The van der Waals surface area contributed by atoms with E-state index in [-0.39, 0.29) is 5.56 Å². The van der Waals surface area contributed by atoms with Crippen molar-refractivity contribution in [3.05, 3.63) is 55.9 Å².